The summed E-state index contributed by atoms with van der Waals surface area (Å²) in [6.45, 7) is 2.20. The minimum absolute atomic E-state index is 0.102. The fraction of sp³-hybridized carbons (Fsp3) is 0.542. The number of para-hydroxylation sites is 1. The van der Waals surface area contributed by atoms with E-state index in [-0.39, 0.29) is 17.4 Å². The van der Waals surface area contributed by atoms with Gasteiger partial charge >= 0.3 is 12.1 Å². The van der Waals surface area contributed by atoms with E-state index in [1.54, 1.807) is 6.07 Å². The highest BCUT2D eigenvalue weighted by atomic mass is 19.4. The Morgan fingerprint density at radius 2 is 1.66 bits per heavy atom. The smallest absolute Gasteiger partial charge is 0.489 e. The van der Waals surface area contributed by atoms with Crippen LogP contribution in [0.5, 0.6) is 5.75 Å². The van der Waals surface area contributed by atoms with Gasteiger partial charge in [-0.3, -0.25) is 9.59 Å². The molecule has 1 aliphatic carbocycles. The third-order valence-corrected chi connectivity index (χ3v) is 6.57. The Hall–Kier alpha value is -3.08. The molecule has 8 nitrogen and oxygen atoms in total. The van der Waals surface area contributed by atoms with E-state index in [0.717, 1.165) is 25.7 Å². The maximum Gasteiger partial charge on any atom is 0.490 e. The van der Waals surface area contributed by atoms with Gasteiger partial charge in [-0.2, -0.15) is 13.2 Å². The lowest BCUT2D eigenvalue weighted by Crippen LogP contribution is -2.66. The average molecular weight is 498 g/mol. The first-order chi connectivity index (χ1) is 16.6. The van der Waals surface area contributed by atoms with Crippen LogP contribution < -0.4 is 20.7 Å². The van der Waals surface area contributed by atoms with Gasteiger partial charge in [0.15, 0.2) is 0 Å². The van der Waals surface area contributed by atoms with Gasteiger partial charge in [0.1, 0.15) is 12.4 Å². The number of allylic oxidation sites excluding steroid dienone is 1. The molecule has 1 aromatic carbocycles. The molecule has 192 valence electrons. The van der Waals surface area contributed by atoms with Crippen LogP contribution in [0.15, 0.2) is 36.4 Å². The zero-order chi connectivity index (χ0) is 25.5. The summed E-state index contributed by atoms with van der Waals surface area (Å²) in [5.74, 6) is -2.22. The van der Waals surface area contributed by atoms with Crippen LogP contribution >= 0.6 is 0 Å². The number of carbonyl (C=O) groups is 3. The molecular weight excluding hydrogens is 467 g/mol. The number of carboxylic acids is 1. The number of fused-ring (bicyclic) bond motifs is 1. The highest BCUT2D eigenvalue weighted by Gasteiger charge is 2.46. The van der Waals surface area contributed by atoms with Gasteiger partial charge in [-0.05, 0) is 31.4 Å². The highest BCUT2D eigenvalue weighted by molar-refractivity contribution is 5.97. The Balaban J connectivity index is 0.000000429. The van der Waals surface area contributed by atoms with Gasteiger partial charge < -0.3 is 25.8 Å². The molecule has 2 heterocycles. The maximum atomic E-state index is 13.2. The Labute approximate surface area is 201 Å². The molecule has 1 saturated heterocycles. The Kier molecular flexibility index (Phi) is 8.42. The minimum atomic E-state index is -5.08. The van der Waals surface area contributed by atoms with Crippen LogP contribution in [0.1, 0.15) is 48.9 Å². The number of hydrogen-bond donors (Lipinski definition) is 4. The molecule has 0 radical (unpaired) electrons. The molecule has 2 amide bonds. The number of halogens is 3. The third kappa shape index (κ3) is 6.74. The van der Waals surface area contributed by atoms with Crippen molar-refractivity contribution in [1.29, 1.82) is 0 Å². The molecule has 4 N–H and O–H groups in total. The number of hydrogen-bond acceptors (Lipinski definition) is 5. The lowest BCUT2D eigenvalue weighted by molar-refractivity contribution is -0.192. The fourth-order valence-corrected chi connectivity index (χ4v) is 4.41. The molecule has 0 atom stereocenters. The molecule has 11 heteroatoms. The largest absolute Gasteiger partial charge is 0.490 e. The number of carboxylic acid groups (broad SMARTS) is 1. The zero-order valence-electron chi connectivity index (χ0n) is 19.2. The molecule has 4 rings (SSSR count). The van der Waals surface area contributed by atoms with Crippen LogP contribution in [-0.2, 0) is 9.59 Å². The number of benzene rings is 1. The summed E-state index contributed by atoms with van der Waals surface area (Å²) >= 11 is 0. The van der Waals surface area contributed by atoms with Crippen molar-refractivity contribution in [1.82, 2.24) is 16.0 Å². The summed E-state index contributed by atoms with van der Waals surface area (Å²) in [5, 5.41) is 16.8. The van der Waals surface area contributed by atoms with E-state index >= 15 is 0 Å². The molecule has 2 spiro atoms. The van der Waals surface area contributed by atoms with Crippen LogP contribution in [0.25, 0.3) is 0 Å². The zero-order valence-corrected chi connectivity index (χ0v) is 19.2. The Bertz CT molecular complexity index is 954. The molecule has 0 aromatic heterocycles. The van der Waals surface area contributed by atoms with Crippen molar-refractivity contribution in [3.63, 3.8) is 0 Å². The second-order valence-corrected chi connectivity index (χ2v) is 9.15. The van der Waals surface area contributed by atoms with E-state index in [1.807, 2.05) is 30.4 Å². The molecule has 0 unspecified atom stereocenters. The van der Waals surface area contributed by atoms with Crippen LogP contribution in [0, 0.1) is 5.41 Å². The molecule has 0 bridgehead atoms. The van der Waals surface area contributed by atoms with E-state index in [1.165, 1.54) is 6.42 Å². The third-order valence-electron chi connectivity index (χ3n) is 6.57. The van der Waals surface area contributed by atoms with E-state index < -0.39 is 17.6 Å². The monoisotopic (exact) mass is 497 g/mol. The SMILES string of the molecule is O=C(O)C(F)(F)F.O=C1NCC2(CCCCC2)NC(=O)C2(C/C=C/COc3ccccc31)CNC2. The lowest BCUT2D eigenvalue weighted by atomic mass is 9.75. The van der Waals surface area contributed by atoms with Gasteiger partial charge in [-0.25, -0.2) is 4.79 Å². The van der Waals surface area contributed by atoms with Crippen molar-refractivity contribution in [2.75, 3.05) is 26.2 Å². The number of ether oxygens (including phenoxy) is 1. The van der Waals surface area contributed by atoms with E-state index in [4.69, 9.17) is 14.6 Å². The van der Waals surface area contributed by atoms with Crippen LogP contribution in [0.2, 0.25) is 0 Å². The van der Waals surface area contributed by atoms with Gasteiger partial charge in [-0.1, -0.05) is 43.5 Å². The van der Waals surface area contributed by atoms with Crippen molar-refractivity contribution in [3.05, 3.63) is 42.0 Å². The topological polar surface area (TPSA) is 117 Å². The van der Waals surface area contributed by atoms with E-state index in [2.05, 4.69) is 16.0 Å². The fourth-order valence-electron chi connectivity index (χ4n) is 4.41. The molecule has 3 aliphatic rings. The number of carbonyl (C=O) groups excluding carboxylic acids is 2. The van der Waals surface area contributed by atoms with Gasteiger partial charge in [0.05, 0.1) is 16.5 Å². The predicted octanol–water partition coefficient (Wildman–Crippen LogP) is 2.80. The van der Waals surface area contributed by atoms with Crippen molar-refractivity contribution in [2.24, 2.45) is 5.41 Å². The number of rotatable bonds is 0. The number of amides is 2. The van der Waals surface area contributed by atoms with Gasteiger partial charge in [0.2, 0.25) is 5.91 Å². The summed E-state index contributed by atoms with van der Waals surface area (Å²) < 4.78 is 37.6. The number of alkyl halides is 3. The first kappa shape index (κ1) is 26.5. The molecule has 1 saturated carbocycles. The Morgan fingerprint density at radius 3 is 2.26 bits per heavy atom. The second kappa shape index (κ2) is 11.1. The van der Waals surface area contributed by atoms with Gasteiger partial charge in [0, 0.05) is 19.6 Å². The molecule has 1 aromatic rings. The van der Waals surface area contributed by atoms with E-state index in [9.17, 15) is 22.8 Å². The lowest BCUT2D eigenvalue weighted by Gasteiger charge is -2.45. The van der Waals surface area contributed by atoms with Crippen LogP contribution in [0.4, 0.5) is 13.2 Å². The maximum absolute atomic E-state index is 13.2. The average Bonchev–Trinajstić information content (AvgIpc) is 2.79. The second-order valence-electron chi connectivity index (χ2n) is 9.15. The number of nitrogens with one attached hydrogen (secondary N) is 3. The summed E-state index contributed by atoms with van der Waals surface area (Å²) in [4.78, 5) is 35.0. The first-order valence-corrected chi connectivity index (χ1v) is 11.6. The summed E-state index contributed by atoms with van der Waals surface area (Å²) in [6, 6.07) is 7.31. The van der Waals surface area contributed by atoms with Crippen molar-refractivity contribution in [3.8, 4) is 5.75 Å². The Morgan fingerprint density at radius 1 is 1.00 bits per heavy atom. The van der Waals surface area contributed by atoms with Crippen molar-refractivity contribution >= 4 is 17.8 Å². The van der Waals surface area contributed by atoms with E-state index in [0.29, 0.717) is 44.0 Å². The number of aliphatic carboxylic acids is 1. The van der Waals surface area contributed by atoms with Gasteiger partial charge in [0.25, 0.3) is 5.91 Å². The molecule has 2 aliphatic heterocycles. The van der Waals surface area contributed by atoms with Crippen molar-refractivity contribution < 1.29 is 37.4 Å². The first-order valence-electron chi connectivity index (χ1n) is 11.6. The quantitative estimate of drug-likeness (QED) is 0.410. The standard InChI is InChI=1S/C22H29N3O3.C2HF3O2/c26-19-17-8-2-3-9-18(17)28-13-7-6-10-21(14-23-15-21)20(27)25-22(16-24-19)11-4-1-5-12-22;3-2(4,5)1(6)7/h2-3,6-9,23H,1,4-5,10-16H2,(H,24,26)(H,25,27);(H,6,7)/b7-6+;. The summed E-state index contributed by atoms with van der Waals surface area (Å²) in [7, 11) is 0. The molecule has 2 fully saturated rings. The molecule has 35 heavy (non-hydrogen) atoms. The normalized spacial score (nSPS) is 22.6. The van der Waals surface area contributed by atoms with Crippen LogP contribution in [0.3, 0.4) is 0 Å². The predicted molar refractivity (Wildman–Crippen MR) is 121 cm³/mol. The summed E-state index contributed by atoms with van der Waals surface area (Å²) in [6.07, 6.45) is 4.69. The van der Waals surface area contributed by atoms with Gasteiger partial charge in [-0.15, -0.1) is 0 Å². The molecular formula is C24H30F3N3O5. The summed E-state index contributed by atoms with van der Waals surface area (Å²) in [5.41, 5.74) is -0.227. The van der Waals surface area contributed by atoms with Crippen LogP contribution in [-0.4, -0.2) is 60.8 Å². The van der Waals surface area contributed by atoms with Crippen molar-refractivity contribution in [2.45, 2.75) is 50.2 Å². The highest BCUT2D eigenvalue weighted by Crippen LogP contribution is 2.33. The minimum Gasteiger partial charge on any atom is -0.489 e.